The van der Waals surface area contributed by atoms with E-state index in [4.69, 9.17) is 25.4 Å². The number of carbonyl (C=O) groups is 4. The second-order valence-electron chi connectivity index (χ2n) is 6.32. The number of carboxylic acids is 2. The monoisotopic (exact) mass is 431 g/mol. The van der Waals surface area contributed by atoms with Crippen LogP contribution in [0.5, 0.6) is 11.5 Å². The van der Waals surface area contributed by atoms with Gasteiger partial charge in [-0.05, 0) is 30.3 Å². The van der Waals surface area contributed by atoms with E-state index in [0.29, 0.717) is 11.5 Å². The minimum atomic E-state index is -1.25. The van der Waals surface area contributed by atoms with Gasteiger partial charge < -0.3 is 30.7 Å². The van der Waals surface area contributed by atoms with E-state index >= 15 is 0 Å². The lowest BCUT2D eigenvalue weighted by Gasteiger charge is -2.12. The summed E-state index contributed by atoms with van der Waals surface area (Å²) in [7, 11) is 0. The molecule has 1 heterocycles. The third-order valence-corrected chi connectivity index (χ3v) is 3.78. The lowest BCUT2D eigenvalue weighted by Crippen LogP contribution is -2.29. The number of rotatable bonds is 13. The van der Waals surface area contributed by atoms with Crippen molar-refractivity contribution in [1.82, 2.24) is 10.3 Å². The number of aromatic nitrogens is 1. The molecule has 0 aliphatic rings. The van der Waals surface area contributed by atoms with Crippen LogP contribution in [-0.2, 0) is 20.8 Å². The highest BCUT2D eigenvalue weighted by molar-refractivity contribution is 5.98. The Kier molecular flexibility index (Phi) is 8.46. The molecule has 11 nitrogen and oxygen atoms in total. The number of ether oxygens (including phenoxy) is 2. The number of nitrogens with two attached hydrogens (primary N) is 1. The average molecular weight is 431 g/mol. The highest BCUT2D eigenvalue weighted by atomic mass is 16.5. The van der Waals surface area contributed by atoms with Crippen LogP contribution in [0.4, 0.5) is 5.82 Å². The molecule has 11 heteroatoms. The first kappa shape index (κ1) is 23.3. The fourth-order valence-electron chi connectivity index (χ4n) is 2.47. The van der Waals surface area contributed by atoms with E-state index in [1.165, 1.54) is 18.2 Å². The van der Waals surface area contributed by atoms with Crippen molar-refractivity contribution >= 4 is 29.3 Å². The van der Waals surface area contributed by atoms with Gasteiger partial charge in [-0.1, -0.05) is 6.07 Å². The van der Waals surface area contributed by atoms with Crippen LogP contribution in [0, 0.1) is 0 Å². The second-order valence-corrected chi connectivity index (χ2v) is 6.32. The molecule has 0 fully saturated rings. The molecule has 0 radical (unpaired) electrons. The zero-order valence-electron chi connectivity index (χ0n) is 16.4. The number of benzene rings is 1. The van der Waals surface area contributed by atoms with Crippen molar-refractivity contribution in [3.8, 4) is 11.5 Å². The molecule has 0 saturated heterocycles. The number of aliphatic carboxylic acids is 2. The number of pyridine rings is 1. The van der Waals surface area contributed by atoms with Gasteiger partial charge in [0.1, 0.15) is 5.82 Å². The molecule has 0 bridgehead atoms. The minimum absolute atomic E-state index is 0.0158. The standard InChI is InChI=1S/C20H21N3O8/c21-18-3-1-2-13(23-18)7-14(24)8-22-9-15(25)12-4-5-16(30-10-19(26)27)17(6-12)31-11-20(28)29/h1-6,22H,7-11H2,(H2,21,23)(H,26,27)(H,28,29). The highest BCUT2D eigenvalue weighted by Crippen LogP contribution is 2.28. The topological polar surface area (TPSA) is 178 Å². The number of ketones is 2. The van der Waals surface area contributed by atoms with Gasteiger partial charge >= 0.3 is 11.9 Å². The summed E-state index contributed by atoms with van der Waals surface area (Å²) < 4.78 is 10.1. The van der Waals surface area contributed by atoms with Gasteiger partial charge in [-0.2, -0.15) is 0 Å². The predicted octanol–water partition coefficient (Wildman–Crippen LogP) is 0.175. The van der Waals surface area contributed by atoms with Crippen molar-refractivity contribution in [3.05, 3.63) is 47.7 Å². The zero-order chi connectivity index (χ0) is 22.8. The maximum Gasteiger partial charge on any atom is 0.341 e. The zero-order valence-corrected chi connectivity index (χ0v) is 16.4. The molecule has 2 aromatic rings. The van der Waals surface area contributed by atoms with Crippen LogP contribution in [0.1, 0.15) is 16.1 Å². The summed E-state index contributed by atoms with van der Waals surface area (Å²) in [4.78, 5) is 49.9. The molecular weight excluding hydrogens is 410 g/mol. The first-order valence-corrected chi connectivity index (χ1v) is 9.05. The summed E-state index contributed by atoms with van der Waals surface area (Å²) >= 11 is 0. The molecule has 164 valence electrons. The van der Waals surface area contributed by atoms with Gasteiger partial charge in [0, 0.05) is 5.56 Å². The fraction of sp³-hybridized carbons (Fsp3) is 0.250. The third-order valence-electron chi connectivity index (χ3n) is 3.78. The number of nitrogen functional groups attached to an aromatic ring is 1. The molecule has 31 heavy (non-hydrogen) atoms. The van der Waals surface area contributed by atoms with Crippen molar-refractivity contribution in [1.29, 1.82) is 0 Å². The van der Waals surface area contributed by atoms with E-state index < -0.39 is 25.2 Å². The molecule has 0 atom stereocenters. The summed E-state index contributed by atoms with van der Waals surface area (Å²) in [5.41, 5.74) is 6.26. The van der Waals surface area contributed by atoms with Crippen LogP contribution in [0.3, 0.4) is 0 Å². The van der Waals surface area contributed by atoms with Gasteiger partial charge in [0.25, 0.3) is 0 Å². The van der Waals surface area contributed by atoms with Gasteiger partial charge in [-0.25, -0.2) is 14.6 Å². The third kappa shape index (κ3) is 8.11. The Hall–Kier alpha value is -3.99. The first-order valence-electron chi connectivity index (χ1n) is 9.05. The lowest BCUT2D eigenvalue weighted by atomic mass is 10.1. The lowest BCUT2D eigenvalue weighted by molar-refractivity contribution is -0.140. The van der Waals surface area contributed by atoms with Crippen molar-refractivity contribution in [2.24, 2.45) is 0 Å². The van der Waals surface area contributed by atoms with Crippen molar-refractivity contribution in [2.45, 2.75) is 6.42 Å². The van der Waals surface area contributed by atoms with Gasteiger partial charge in [-0.3, -0.25) is 9.59 Å². The Labute approximate surface area is 176 Å². The molecule has 0 aliphatic heterocycles. The molecule has 0 spiro atoms. The van der Waals surface area contributed by atoms with Crippen molar-refractivity contribution < 1.29 is 38.9 Å². The van der Waals surface area contributed by atoms with Crippen LogP contribution in [0.25, 0.3) is 0 Å². The largest absolute Gasteiger partial charge is 0.479 e. The quantitative estimate of drug-likeness (QED) is 0.318. The first-order chi connectivity index (χ1) is 14.7. The molecule has 2 rings (SSSR count). The normalized spacial score (nSPS) is 10.3. The maximum absolute atomic E-state index is 12.4. The van der Waals surface area contributed by atoms with Crippen LogP contribution >= 0.6 is 0 Å². The highest BCUT2D eigenvalue weighted by Gasteiger charge is 2.14. The van der Waals surface area contributed by atoms with E-state index in [-0.39, 0.29) is 48.1 Å². The van der Waals surface area contributed by atoms with Gasteiger partial charge in [0.2, 0.25) is 0 Å². The SMILES string of the molecule is Nc1cccc(CC(=O)CNCC(=O)c2ccc(OCC(=O)O)c(OCC(=O)O)c2)n1. The number of hydrogen-bond donors (Lipinski definition) is 4. The number of anilines is 1. The molecule has 0 unspecified atom stereocenters. The summed E-state index contributed by atoms with van der Waals surface area (Å²) in [6.45, 7) is -1.59. The summed E-state index contributed by atoms with van der Waals surface area (Å²) in [6.07, 6.45) is 0.0645. The molecular formula is C20H21N3O8. The number of nitrogens with one attached hydrogen (secondary N) is 1. The Morgan fingerprint density at radius 3 is 2.26 bits per heavy atom. The summed E-state index contributed by atoms with van der Waals surface area (Å²) in [6, 6.07) is 8.92. The number of nitrogens with zero attached hydrogens (tertiary/aromatic N) is 1. The number of carboxylic acid groups (broad SMARTS) is 2. The molecule has 1 aromatic carbocycles. The smallest absolute Gasteiger partial charge is 0.341 e. The number of hydrogen-bond acceptors (Lipinski definition) is 9. The number of Topliss-reactive ketones (excluding diaryl/α,β-unsaturated/α-hetero) is 2. The van der Waals surface area contributed by atoms with E-state index in [2.05, 4.69) is 10.3 Å². The Balaban J connectivity index is 1.94. The van der Waals surface area contributed by atoms with Crippen LogP contribution in [0.2, 0.25) is 0 Å². The van der Waals surface area contributed by atoms with Crippen LogP contribution in [0.15, 0.2) is 36.4 Å². The molecule has 5 N–H and O–H groups in total. The van der Waals surface area contributed by atoms with Crippen LogP contribution in [-0.4, -0.2) is 65.0 Å². The van der Waals surface area contributed by atoms with E-state index in [0.717, 1.165) is 0 Å². The molecule has 0 saturated carbocycles. The van der Waals surface area contributed by atoms with Crippen molar-refractivity contribution in [2.75, 3.05) is 32.0 Å². The minimum Gasteiger partial charge on any atom is -0.479 e. The Morgan fingerprint density at radius 2 is 1.61 bits per heavy atom. The fourth-order valence-corrected chi connectivity index (χ4v) is 2.47. The molecule has 0 amide bonds. The molecule has 1 aromatic heterocycles. The van der Waals surface area contributed by atoms with Gasteiger partial charge in [-0.15, -0.1) is 0 Å². The van der Waals surface area contributed by atoms with Crippen molar-refractivity contribution in [3.63, 3.8) is 0 Å². The van der Waals surface area contributed by atoms with Gasteiger partial charge in [0.15, 0.2) is 36.3 Å². The van der Waals surface area contributed by atoms with E-state index in [1.54, 1.807) is 18.2 Å². The predicted molar refractivity (Wildman–Crippen MR) is 107 cm³/mol. The van der Waals surface area contributed by atoms with E-state index in [9.17, 15) is 19.2 Å². The van der Waals surface area contributed by atoms with Gasteiger partial charge in [0.05, 0.1) is 25.2 Å². The second kappa shape index (κ2) is 11.3. The van der Waals surface area contributed by atoms with Crippen LogP contribution < -0.4 is 20.5 Å². The maximum atomic E-state index is 12.4. The average Bonchev–Trinajstić information content (AvgIpc) is 2.70. The summed E-state index contributed by atoms with van der Waals surface area (Å²) in [5, 5.41) is 20.2. The molecule has 0 aliphatic carbocycles. The number of carbonyl (C=O) groups excluding carboxylic acids is 2. The van der Waals surface area contributed by atoms with E-state index in [1.807, 2.05) is 0 Å². The Morgan fingerprint density at radius 1 is 0.935 bits per heavy atom. The Bertz CT molecular complexity index is 977. The summed E-state index contributed by atoms with van der Waals surface area (Å²) in [5.74, 6) is -2.85.